The molecule has 2 heteroatoms. The third-order valence-corrected chi connectivity index (χ3v) is 3.96. The van der Waals surface area contributed by atoms with Gasteiger partial charge in [0.25, 0.3) is 0 Å². The van der Waals surface area contributed by atoms with E-state index in [1.54, 1.807) is 0 Å². The predicted octanol–water partition coefficient (Wildman–Crippen LogP) is 2.98. The number of rotatable bonds is 5. The minimum absolute atomic E-state index is 0.336. The zero-order chi connectivity index (χ0) is 12.4. The SMILES string of the molecule is CCN(CC)c1ccc([C@@H]2C[C@@H]2[C@H](C)N)cc1. The van der Waals surface area contributed by atoms with E-state index < -0.39 is 0 Å². The summed E-state index contributed by atoms with van der Waals surface area (Å²) >= 11 is 0. The first-order chi connectivity index (χ1) is 8.17. The Morgan fingerprint density at radius 2 is 1.82 bits per heavy atom. The molecule has 0 unspecified atom stereocenters. The molecule has 17 heavy (non-hydrogen) atoms. The summed E-state index contributed by atoms with van der Waals surface area (Å²) in [4.78, 5) is 2.37. The van der Waals surface area contributed by atoms with Gasteiger partial charge in [0, 0.05) is 24.8 Å². The molecule has 3 atom stereocenters. The molecule has 0 aromatic heterocycles. The second kappa shape index (κ2) is 5.09. The van der Waals surface area contributed by atoms with Crippen molar-refractivity contribution in [3.63, 3.8) is 0 Å². The first kappa shape index (κ1) is 12.4. The maximum atomic E-state index is 5.94. The second-order valence-electron chi connectivity index (χ2n) is 5.13. The van der Waals surface area contributed by atoms with E-state index in [2.05, 4.69) is 49.9 Å². The molecule has 1 saturated carbocycles. The highest BCUT2D eigenvalue weighted by Crippen LogP contribution is 2.49. The van der Waals surface area contributed by atoms with Crippen molar-refractivity contribution in [2.45, 2.75) is 39.2 Å². The lowest BCUT2D eigenvalue weighted by Crippen LogP contribution is -2.21. The van der Waals surface area contributed by atoms with Crippen molar-refractivity contribution in [3.05, 3.63) is 29.8 Å². The van der Waals surface area contributed by atoms with E-state index in [1.165, 1.54) is 17.7 Å². The molecule has 1 aromatic carbocycles. The van der Waals surface area contributed by atoms with Crippen LogP contribution in [0.5, 0.6) is 0 Å². The molecule has 0 radical (unpaired) electrons. The summed E-state index contributed by atoms with van der Waals surface area (Å²) in [6, 6.07) is 9.39. The van der Waals surface area contributed by atoms with Gasteiger partial charge in [0.15, 0.2) is 0 Å². The maximum absolute atomic E-state index is 5.94. The Balaban J connectivity index is 2.04. The number of nitrogens with zero attached hydrogens (tertiary/aromatic N) is 1. The average molecular weight is 232 g/mol. The van der Waals surface area contributed by atoms with Crippen molar-refractivity contribution in [2.24, 2.45) is 11.7 Å². The van der Waals surface area contributed by atoms with Crippen molar-refractivity contribution in [1.29, 1.82) is 0 Å². The Hall–Kier alpha value is -1.02. The van der Waals surface area contributed by atoms with Gasteiger partial charge in [-0.05, 0) is 56.7 Å². The molecule has 2 N–H and O–H groups in total. The summed E-state index contributed by atoms with van der Waals surface area (Å²) in [7, 11) is 0. The van der Waals surface area contributed by atoms with Crippen LogP contribution in [0, 0.1) is 5.92 Å². The van der Waals surface area contributed by atoms with Crippen LogP contribution in [-0.4, -0.2) is 19.1 Å². The summed E-state index contributed by atoms with van der Waals surface area (Å²) < 4.78 is 0. The molecule has 0 aliphatic heterocycles. The average Bonchev–Trinajstić information content (AvgIpc) is 3.12. The van der Waals surface area contributed by atoms with Gasteiger partial charge in [0.1, 0.15) is 0 Å². The summed E-state index contributed by atoms with van der Waals surface area (Å²) in [5.74, 6) is 1.41. The molecular weight excluding hydrogens is 208 g/mol. The topological polar surface area (TPSA) is 29.3 Å². The Bertz CT molecular complexity index is 352. The lowest BCUT2D eigenvalue weighted by atomic mass is 10.1. The molecule has 0 spiro atoms. The highest BCUT2D eigenvalue weighted by Gasteiger charge is 2.40. The van der Waals surface area contributed by atoms with Crippen LogP contribution >= 0.6 is 0 Å². The molecule has 0 amide bonds. The Labute approximate surface area is 105 Å². The number of hydrogen-bond donors (Lipinski definition) is 1. The zero-order valence-corrected chi connectivity index (χ0v) is 11.2. The summed E-state index contributed by atoms with van der Waals surface area (Å²) in [5, 5.41) is 0. The number of nitrogens with two attached hydrogens (primary N) is 1. The summed E-state index contributed by atoms with van der Waals surface area (Å²) in [5.41, 5.74) is 8.73. The van der Waals surface area contributed by atoms with Gasteiger partial charge < -0.3 is 10.6 Å². The van der Waals surface area contributed by atoms with Crippen LogP contribution in [0.25, 0.3) is 0 Å². The lowest BCUT2D eigenvalue weighted by Gasteiger charge is -2.21. The van der Waals surface area contributed by atoms with Gasteiger partial charge in [-0.3, -0.25) is 0 Å². The number of benzene rings is 1. The van der Waals surface area contributed by atoms with E-state index >= 15 is 0 Å². The monoisotopic (exact) mass is 232 g/mol. The summed E-state index contributed by atoms with van der Waals surface area (Å²) in [6.07, 6.45) is 1.27. The summed E-state index contributed by atoms with van der Waals surface area (Å²) in [6.45, 7) is 8.66. The van der Waals surface area contributed by atoms with Crippen LogP contribution in [0.2, 0.25) is 0 Å². The van der Waals surface area contributed by atoms with Crippen molar-refractivity contribution in [2.75, 3.05) is 18.0 Å². The molecule has 0 bridgehead atoms. The van der Waals surface area contributed by atoms with Gasteiger partial charge in [-0.15, -0.1) is 0 Å². The van der Waals surface area contributed by atoms with E-state index in [1.807, 2.05) is 0 Å². The third kappa shape index (κ3) is 2.63. The predicted molar refractivity (Wildman–Crippen MR) is 74.5 cm³/mol. The largest absolute Gasteiger partial charge is 0.372 e. The van der Waals surface area contributed by atoms with Gasteiger partial charge in [-0.2, -0.15) is 0 Å². The van der Waals surface area contributed by atoms with E-state index in [0.717, 1.165) is 13.1 Å². The van der Waals surface area contributed by atoms with Crippen LogP contribution in [-0.2, 0) is 0 Å². The number of anilines is 1. The lowest BCUT2D eigenvalue weighted by molar-refractivity contribution is 0.631. The molecule has 0 saturated heterocycles. The van der Waals surface area contributed by atoms with Gasteiger partial charge in [-0.1, -0.05) is 12.1 Å². The van der Waals surface area contributed by atoms with E-state index in [4.69, 9.17) is 5.73 Å². The van der Waals surface area contributed by atoms with Crippen LogP contribution in [0.3, 0.4) is 0 Å². The molecule has 1 aromatic rings. The van der Waals surface area contributed by atoms with E-state index in [0.29, 0.717) is 17.9 Å². The van der Waals surface area contributed by atoms with Gasteiger partial charge in [0.2, 0.25) is 0 Å². The van der Waals surface area contributed by atoms with Crippen LogP contribution in [0.1, 0.15) is 38.7 Å². The molecule has 2 rings (SSSR count). The Morgan fingerprint density at radius 1 is 1.24 bits per heavy atom. The number of hydrogen-bond acceptors (Lipinski definition) is 2. The minimum Gasteiger partial charge on any atom is -0.372 e. The van der Waals surface area contributed by atoms with Gasteiger partial charge in [-0.25, -0.2) is 0 Å². The van der Waals surface area contributed by atoms with Gasteiger partial charge >= 0.3 is 0 Å². The highest BCUT2D eigenvalue weighted by atomic mass is 15.1. The molecular formula is C15H24N2. The molecule has 1 aliphatic carbocycles. The molecule has 94 valence electrons. The van der Waals surface area contributed by atoms with Gasteiger partial charge in [0.05, 0.1) is 0 Å². The van der Waals surface area contributed by atoms with Crippen molar-refractivity contribution < 1.29 is 0 Å². The Kier molecular flexibility index (Phi) is 3.72. The highest BCUT2D eigenvalue weighted by molar-refractivity contribution is 5.48. The fourth-order valence-electron chi connectivity index (χ4n) is 2.70. The van der Waals surface area contributed by atoms with Crippen LogP contribution < -0.4 is 10.6 Å². The molecule has 1 aliphatic rings. The van der Waals surface area contributed by atoms with Crippen molar-refractivity contribution in [1.82, 2.24) is 0 Å². The standard InChI is InChI=1S/C15H24N2/c1-4-17(5-2)13-8-6-12(7-9-13)15-10-14(15)11(3)16/h6-9,11,14-15H,4-5,10,16H2,1-3H3/t11-,14+,15-/m0/s1. The molecule has 1 fully saturated rings. The van der Waals surface area contributed by atoms with Crippen molar-refractivity contribution in [3.8, 4) is 0 Å². The quantitative estimate of drug-likeness (QED) is 0.845. The van der Waals surface area contributed by atoms with Crippen LogP contribution in [0.4, 0.5) is 5.69 Å². The van der Waals surface area contributed by atoms with Crippen molar-refractivity contribution >= 4 is 5.69 Å². The fourth-order valence-corrected chi connectivity index (χ4v) is 2.70. The fraction of sp³-hybridized carbons (Fsp3) is 0.600. The van der Waals surface area contributed by atoms with E-state index in [9.17, 15) is 0 Å². The second-order valence-corrected chi connectivity index (χ2v) is 5.13. The first-order valence-electron chi connectivity index (χ1n) is 6.77. The Morgan fingerprint density at radius 3 is 2.24 bits per heavy atom. The normalized spacial score (nSPS) is 24.5. The van der Waals surface area contributed by atoms with E-state index in [-0.39, 0.29) is 0 Å². The minimum atomic E-state index is 0.336. The smallest absolute Gasteiger partial charge is 0.0366 e. The third-order valence-electron chi connectivity index (χ3n) is 3.96. The zero-order valence-electron chi connectivity index (χ0n) is 11.2. The first-order valence-corrected chi connectivity index (χ1v) is 6.77. The molecule has 2 nitrogen and oxygen atoms in total. The molecule has 0 heterocycles. The maximum Gasteiger partial charge on any atom is 0.0366 e. The van der Waals surface area contributed by atoms with Crippen LogP contribution in [0.15, 0.2) is 24.3 Å².